The number of morpholine rings is 1. The molecule has 17 heavy (non-hydrogen) atoms. The molecular weight excluding hydrogens is 250 g/mol. The van der Waals surface area contributed by atoms with E-state index in [9.17, 15) is 13.2 Å². The van der Waals surface area contributed by atoms with Gasteiger partial charge in [-0.15, -0.1) is 0 Å². The number of rotatable bonds is 3. The van der Waals surface area contributed by atoms with E-state index in [4.69, 9.17) is 10.00 Å². The predicted molar refractivity (Wildman–Crippen MR) is 56.0 cm³/mol. The highest BCUT2D eigenvalue weighted by Gasteiger charge is 2.30. The molecule has 8 nitrogen and oxygen atoms in total. The van der Waals surface area contributed by atoms with Crippen molar-refractivity contribution < 1.29 is 22.7 Å². The summed E-state index contributed by atoms with van der Waals surface area (Å²) >= 11 is 0. The van der Waals surface area contributed by atoms with Gasteiger partial charge in [0.1, 0.15) is 0 Å². The van der Waals surface area contributed by atoms with Gasteiger partial charge in [0.2, 0.25) is 0 Å². The van der Waals surface area contributed by atoms with E-state index in [-0.39, 0.29) is 26.3 Å². The Morgan fingerprint density at radius 1 is 1.71 bits per heavy atom. The highest BCUT2D eigenvalue weighted by Crippen LogP contribution is 2.08. The van der Waals surface area contributed by atoms with E-state index in [0.29, 0.717) is 0 Å². The van der Waals surface area contributed by atoms with E-state index >= 15 is 0 Å². The maximum Gasteiger partial charge on any atom is 0.421 e. The van der Waals surface area contributed by atoms with Crippen LogP contribution in [0.4, 0.5) is 4.79 Å². The molecule has 0 radical (unpaired) electrons. The topological polar surface area (TPSA) is 109 Å². The second-order valence-electron chi connectivity index (χ2n) is 3.17. The van der Waals surface area contributed by atoms with Crippen LogP contribution in [0.2, 0.25) is 0 Å². The Hall–Kier alpha value is -1.37. The maximum atomic E-state index is 11.7. The summed E-state index contributed by atoms with van der Waals surface area (Å²) in [6, 6.07) is 1.81. The average Bonchev–Trinajstić information content (AvgIpc) is 2.28. The standard InChI is InChI=1S/C8H13N3O5S/c1-2-15-8(12)10-17(13,14)11-3-4-16-7(5-9)6-11/h7H,2-4,6H2,1H3,(H,10,12). The molecule has 9 heteroatoms. The van der Waals surface area contributed by atoms with Crippen molar-refractivity contribution in [1.82, 2.24) is 9.03 Å². The van der Waals surface area contributed by atoms with E-state index in [1.165, 1.54) is 0 Å². The number of nitrogens with one attached hydrogen (secondary N) is 1. The second kappa shape index (κ2) is 5.81. The largest absolute Gasteiger partial charge is 0.449 e. The molecular formula is C8H13N3O5S. The van der Waals surface area contributed by atoms with E-state index in [1.807, 2.05) is 6.07 Å². The lowest BCUT2D eigenvalue weighted by atomic mass is 10.3. The zero-order valence-corrected chi connectivity index (χ0v) is 10.1. The Morgan fingerprint density at radius 2 is 2.41 bits per heavy atom. The molecule has 1 amide bonds. The van der Waals surface area contributed by atoms with Crippen molar-refractivity contribution in [3.63, 3.8) is 0 Å². The lowest BCUT2D eigenvalue weighted by molar-refractivity contribution is 0.0306. The van der Waals surface area contributed by atoms with Crippen molar-refractivity contribution in [2.75, 3.05) is 26.3 Å². The Bertz CT molecular complexity index is 415. The summed E-state index contributed by atoms with van der Waals surface area (Å²) in [5.74, 6) is 0. The SMILES string of the molecule is CCOC(=O)NS(=O)(=O)N1CCOC(C#N)C1. The first kappa shape index (κ1) is 13.7. The number of nitriles is 1. The van der Waals surface area contributed by atoms with Gasteiger partial charge in [-0.1, -0.05) is 0 Å². The van der Waals surface area contributed by atoms with Gasteiger partial charge in [0, 0.05) is 6.54 Å². The van der Waals surface area contributed by atoms with Crippen LogP contribution < -0.4 is 4.72 Å². The number of hydrogen-bond donors (Lipinski definition) is 1. The van der Waals surface area contributed by atoms with Gasteiger partial charge in [-0.05, 0) is 6.92 Å². The van der Waals surface area contributed by atoms with Crippen LogP contribution >= 0.6 is 0 Å². The first-order valence-electron chi connectivity index (χ1n) is 4.95. The van der Waals surface area contributed by atoms with Gasteiger partial charge in [0.15, 0.2) is 6.10 Å². The molecule has 0 saturated carbocycles. The quantitative estimate of drug-likeness (QED) is 0.714. The van der Waals surface area contributed by atoms with Gasteiger partial charge in [0.05, 0.1) is 25.8 Å². The van der Waals surface area contributed by atoms with Gasteiger partial charge in [-0.3, -0.25) is 0 Å². The molecule has 1 aliphatic heterocycles. The van der Waals surface area contributed by atoms with Gasteiger partial charge in [-0.25, -0.2) is 9.52 Å². The van der Waals surface area contributed by atoms with Crippen molar-refractivity contribution in [1.29, 1.82) is 5.26 Å². The fourth-order valence-electron chi connectivity index (χ4n) is 1.25. The van der Waals surface area contributed by atoms with Crippen LogP contribution in [0.15, 0.2) is 0 Å². The first-order valence-corrected chi connectivity index (χ1v) is 6.39. The molecule has 0 spiro atoms. The summed E-state index contributed by atoms with van der Waals surface area (Å²) in [6.45, 7) is 1.73. The summed E-state index contributed by atoms with van der Waals surface area (Å²) in [6.07, 6.45) is -1.85. The third kappa shape index (κ3) is 3.85. The summed E-state index contributed by atoms with van der Waals surface area (Å²) < 4.78 is 35.5. The minimum atomic E-state index is -3.97. The summed E-state index contributed by atoms with van der Waals surface area (Å²) in [5.41, 5.74) is 0. The van der Waals surface area contributed by atoms with Crippen LogP contribution in [0.3, 0.4) is 0 Å². The molecule has 0 aromatic heterocycles. The van der Waals surface area contributed by atoms with Crippen molar-refractivity contribution in [2.24, 2.45) is 0 Å². The summed E-state index contributed by atoms with van der Waals surface area (Å²) in [7, 11) is -3.97. The minimum absolute atomic E-state index is 0.0747. The fraction of sp³-hybridized carbons (Fsp3) is 0.750. The highest BCUT2D eigenvalue weighted by atomic mass is 32.2. The number of carbonyl (C=O) groups is 1. The van der Waals surface area contributed by atoms with Crippen molar-refractivity contribution in [3.05, 3.63) is 0 Å². The van der Waals surface area contributed by atoms with Crippen LogP contribution in [0.25, 0.3) is 0 Å². The Kier molecular flexibility index (Phi) is 4.68. The van der Waals surface area contributed by atoms with E-state index < -0.39 is 22.4 Å². The molecule has 1 aliphatic rings. The van der Waals surface area contributed by atoms with Crippen LogP contribution in [0.1, 0.15) is 6.92 Å². The zero-order valence-electron chi connectivity index (χ0n) is 9.25. The number of nitrogens with zero attached hydrogens (tertiary/aromatic N) is 2. The molecule has 1 heterocycles. The van der Waals surface area contributed by atoms with Crippen LogP contribution in [0, 0.1) is 11.3 Å². The van der Waals surface area contributed by atoms with Crippen LogP contribution in [-0.2, 0) is 19.7 Å². The van der Waals surface area contributed by atoms with Crippen LogP contribution in [0.5, 0.6) is 0 Å². The number of hydrogen-bond acceptors (Lipinski definition) is 6. The molecule has 1 saturated heterocycles. The normalized spacial score (nSPS) is 21.5. The zero-order chi connectivity index (χ0) is 12.9. The molecule has 0 aliphatic carbocycles. The Balaban J connectivity index is 2.64. The molecule has 0 bridgehead atoms. The van der Waals surface area contributed by atoms with Crippen molar-refractivity contribution >= 4 is 16.3 Å². The minimum Gasteiger partial charge on any atom is -0.449 e. The lowest BCUT2D eigenvalue weighted by Crippen LogP contribution is -2.50. The smallest absolute Gasteiger partial charge is 0.421 e. The van der Waals surface area contributed by atoms with E-state index in [0.717, 1.165) is 4.31 Å². The first-order chi connectivity index (χ1) is 7.99. The molecule has 1 atom stereocenters. The highest BCUT2D eigenvalue weighted by molar-refractivity contribution is 7.87. The van der Waals surface area contributed by atoms with Gasteiger partial charge in [0.25, 0.3) is 0 Å². The maximum absolute atomic E-state index is 11.7. The molecule has 0 aromatic rings. The average molecular weight is 263 g/mol. The van der Waals surface area contributed by atoms with Crippen molar-refractivity contribution in [3.8, 4) is 6.07 Å². The molecule has 1 N–H and O–H groups in total. The Labute approximate surface area is 99.3 Å². The number of carbonyl (C=O) groups excluding carboxylic acids is 1. The number of ether oxygens (including phenoxy) is 2. The molecule has 1 fully saturated rings. The molecule has 1 rings (SSSR count). The van der Waals surface area contributed by atoms with Gasteiger partial charge >= 0.3 is 16.3 Å². The predicted octanol–water partition coefficient (Wildman–Crippen LogP) is -0.798. The summed E-state index contributed by atoms with van der Waals surface area (Å²) in [4.78, 5) is 11.0. The Morgan fingerprint density at radius 3 is 3.00 bits per heavy atom. The second-order valence-corrected chi connectivity index (χ2v) is 4.84. The van der Waals surface area contributed by atoms with Gasteiger partial charge in [-0.2, -0.15) is 18.0 Å². The summed E-state index contributed by atoms with van der Waals surface area (Å²) in [5, 5.41) is 8.63. The molecule has 1 unspecified atom stereocenters. The van der Waals surface area contributed by atoms with E-state index in [1.54, 1.807) is 11.6 Å². The molecule has 0 aromatic carbocycles. The van der Waals surface area contributed by atoms with Gasteiger partial charge < -0.3 is 9.47 Å². The third-order valence-electron chi connectivity index (χ3n) is 2.00. The monoisotopic (exact) mass is 263 g/mol. The molecule has 96 valence electrons. The van der Waals surface area contributed by atoms with Crippen LogP contribution in [-0.4, -0.2) is 51.2 Å². The fourth-order valence-corrected chi connectivity index (χ4v) is 2.30. The number of amides is 1. The van der Waals surface area contributed by atoms with E-state index in [2.05, 4.69) is 4.74 Å². The third-order valence-corrected chi connectivity index (χ3v) is 3.44. The van der Waals surface area contributed by atoms with Crippen molar-refractivity contribution in [2.45, 2.75) is 13.0 Å². The lowest BCUT2D eigenvalue weighted by Gasteiger charge is -2.28.